The molecule has 0 bridgehead atoms. The maximum atomic E-state index is 3.30. The fraction of sp³-hybridized carbons (Fsp3) is 0. The van der Waals surface area contributed by atoms with Gasteiger partial charge in [0.1, 0.15) is 0 Å². The van der Waals surface area contributed by atoms with Crippen LogP contribution >= 0.6 is 27.3 Å². The van der Waals surface area contributed by atoms with E-state index in [0.717, 1.165) is 0 Å². The third-order valence-electron chi connectivity index (χ3n) is 0.486. The van der Waals surface area contributed by atoms with E-state index < -0.39 is 0 Å². The first kappa shape index (κ1) is 7.95. The molecule has 0 N–H and O–H groups in total. The Bertz CT molecular complexity index is 115. The lowest BCUT2D eigenvalue weighted by atomic mass is 10.7. The zero-order valence-corrected chi connectivity index (χ0v) is 5.42. The third kappa shape index (κ3) is 2.69. The van der Waals surface area contributed by atoms with Gasteiger partial charge in [0.25, 0.3) is 0 Å². The van der Waals surface area contributed by atoms with Gasteiger partial charge in [-0.25, -0.2) is 0 Å². The van der Waals surface area contributed by atoms with Gasteiger partial charge in [-0.15, -0.1) is 11.3 Å². The summed E-state index contributed by atoms with van der Waals surface area (Å²) in [5.74, 6) is 0. The van der Waals surface area contributed by atoms with Crippen molar-refractivity contribution in [1.29, 1.82) is 0 Å². The first-order chi connectivity index (χ1) is 2.89. The van der Waals surface area contributed by atoms with E-state index in [9.17, 15) is 0 Å². The number of hydrogen-bond acceptors (Lipinski definition) is 1. The van der Waals surface area contributed by atoms with Crippen molar-refractivity contribution in [3.8, 4) is 0 Å². The van der Waals surface area contributed by atoms with Crippen molar-refractivity contribution in [2.75, 3.05) is 0 Å². The molecule has 0 fully saturated rings. The fourth-order valence-electron chi connectivity index (χ4n) is 0.259. The predicted octanol–water partition coefficient (Wildman–Crippen LogP) is 1.59. The van der Waals surface area contributed by atoms with Crippen LogP contribution < -0.4 is 0 Å². The molecule has 0 nitrogen and oxygen atoms in total. The van der Waals surface area contributed by atoms with Gasteiger partial charge in [0.2, 0.25) is 0 Å². The predicted molar refractivity (Wildman–Crippen MR) is 40.6 cm³/mol. The summed E-state index contributed by atoms with van der Waals surface area (Å²) in [5.41, 5.74) is 0. The Morgan fingerprint density at radius 1 is 1.57 bits per heavy atom. The van der Waals surface area contributed by atoms with E-state index in [1.807, 2.05) is 17.5 Å². The van der Waals surface area contributed by atoms with Crippen molar-refractivity contribution in [2.24, 2.45) is 0 Å². The van der Waals surface area contributed by atoms with Crippen LogP contribution in [-0.2, 0) is 0 Å². The Kier molecular flexibility index (Phi) is 4.42. The van der Waals surface area contributed by atoms with Gasteiger partial charge in [-0.05, 0) is 27.4 Å². The molecule has 7 heavy (non-hydrogen) atoms. The van der Waals surface area contributed by atoms with E-state index in [-0.39, 0.29) is 23.1 Å². The van der Waals surface area contributed by atoms with Crippen LogP contribution in [0.15, 0.2) is 21.3 Å². The normalized spacial score (nSPS) is 7.57. The molecule has 1 heterocycles. The number of halogens is 1. The zero-order chi connectivity index (χ0) is 4.41. The van der Waals surface area contributed by atoms with Crippen LogP contribution in [0, 0.1) is 0 Å². The molecule has 0 radical (unpaired) electrons. The average Bonchev–Trinajstić information content (AvgIpc) is 1.86. The maximum Gasteiger partial charge on any atom is 0.316 e. The average molecular weight is 189 g/mol. The molecule has 0 aliphatic heterocycles. The van der Waals surface area contributed by atoms with E-state index in [1.54, 1.807) is 11.3 Å². The lowest BCUT2D eigenvalue weighted by molar-refractivity contribution is 1.97. The number of rotatable bonds is 0. The third-order valence-corrected chi connectivity index (χ3v) is 1.97. The second-order valence-corrected chi connectivity index (χ2v) is 3.24. The van der Waals surface area contributed by atoms with Gasteiger partial charge in [-0.2, -0.15) is 0 Å². The lowest BCUT2D eigenvalue weighted by Crippen LogP contribution is -1.29. The fourth-order valence-corrected chi connectivity index (χ4v) is 1.18. The Morgan fingerprint density at radius 2 is 2.29 bits per heavy atom. The van der Waals surface area contributed by atoms with Crippen LogP contribution in [-0.4, -0.2) is 23.1 Å². The summed E-state index contributed by atoms with van der Waals surface area (Å²) in [6.45, 7) is 0. The van der Waals surface area contributed by atoms with E-state index in [1.165, 1.54) is 3.79 Å². The molecule has 1 aromatic rings. The molecule has 1 aromatic heterocycles. The van der Waals surface area contributed by atoms with E-state index in [0.29, 0.717) is 0 Å². The molecule has 0 unspecified atom stereocenters. The molecule has 0 spiro atoms. The zero-order valence-electron chi connectivity index (χ0n) is 3.02. The lowest BCUT2D eigenvalue weighted by Gasteiger charge is -1.62. The summed E-state index contributed by atoms with van der Waals surface area (Å²) in [5, 5.41) is 2.03. The minimum Gasteiger partial charge on any atom is -0.137 e. The van der Waals surface area contributed by atoms with Gasteiger partial charge in [0, 0.05) is 0 Å². The Balaban J connectivity index is 0.000000360. The Hall–Kier alpha value is 0.946. The van der Waals surface area contributed by atoms with Crippen molar-refractivity contribution in [3.63, 3.8) is 0 Å². The molecule has 0 saturated carbocycles. The first-order valence-corrected chi connectivity index (χ1v) is 3.26. The highest BCUT2D eigenvalue weighted by molar-refractivity contribution is 9.11. The summed E-state index contributed by atoms with van der Waals surface area (Å²) in [6.07, 6.45) is 0. The molecule has 0 amide bonds. The van der Waals surface area contributed by atoms with Gasteiger partial charge in [0.15, 0.2) is 0 Å². The molecule has 0 aromatic carbocycles. The molecule has 3 heteroatoms. The second-order valence-electron chi connectivity index (χ2n) is 0.917. The highest BCUT2D eigenvalue weighted by atomic mass is 79.9. The minimum absolute atomic E-state index is 0. The second kappa shape index (κ2) is 3.89. The van der Waals surface area contributed by atoms with Gasteiger partial charge in [0.05, 0.1) is 3.79 Å². The van der Waals surface area contributed by atoms with Crippen LogP contribution in [0.1, 0.15) is 0 Å². The first-order valence-electron chi connectivity index (χ1n) is 1.58. The molecule has 36 valence electrons. The van der Waals surface area contributed by atoms with Crippen LogP contribution in [0.5, 0.6) is 0 Å². The highest BCUT2D eigenvalue weighted by Crippen LogP contribution is 2.14. The molecule has 0 aliphatic carbocycles. The van der Waals surface area contributed by atoms with Gasteiger partial charge in [-0.1, -0.05) is 6.07 Å². The quantitative estimate of drug-likeness (QED) is 0.544. The summed E-state index contributed by atoms with van der Waals surface area (Å²) >= 11 is 4.99. The highest BCUT2D eigenvalue weighted by Gasteiger charge is 1.77. The smallest absolute Gasteiger partial charge is 0.137 e. The monoisotopic (exact) mass is 188 g/mol. The number of thiophene rings is 1. The van der Waals surface area contributed by atoms with Crippen LogP contribution in [0.2, 0.25) is 0 Å². The Labute approximate surface area is 71.2 Å². The van der Waals surface area contributed by atoms with E-state index in [4.69, 9.17) is 0 Å². The standard InChI is InChI=1S/C4H3BrS.Mg.2H/c5-4-2-1-3-6-4;;;/h1-3H;;;. The summed E-state index contributed by atoms with van der Waals surface area (Å²) in [4.78, 5) is 0. The van der Waals surface area contributed by atoms with Crippen molar-refractivity contribution >= 4 is 50.3 Å². The molecular weight excluding hydrogens is 184 g/mol. The molecule has 1 rings (SSSR count). The van der Waals surface area contributed by atoms with Crippen molar-refractivity contribution in [3.05, 3.63) is 21.3 Å². The Morgan fingerprint density at radius 3 is 2.43 bits per heavy atom. The van der Waals surface area contributed by atoms with E-state index >= 15 is 0 Å². The van der Waals surface area contributed by atoms with Crippen molar-refractivity contribution in [1.82, 2.24) is 0 Å². The van der Waals surface area contributed by atoms with Crippen LogP contribution in [0.4, 0.5) is 0 Å². The number of hydrogen-bond donors (Lipinski definition) is 0. The molecular formula is C4H5BrMgS. The van der Waals surface area contributed by atoms with Gasteiger partial charge >= 0.3 is 23.1 Å². The van der Waals surface area contributed by atoms with Crippen molar-refractivity contribution < 1.29 is 0 Å². The van der Waals surface area contributed by atoms with Crippen LogP contribution in [0.3, 0.4) is 0 Å². The minimum atomic E-state index is 0. The van der Waals surface area contributed by atoms with Gasteiger partial charge in [-0.3, -0.25) is 0 Å². The molecule has 0 saturated heterocycles. The van der Waals surface area contributed by atoms with E-state index in [2.05, 4.69) is 15.9 Å². The topological polar surface area (TPSA) is 0 Å². The van der Waals surface area contributed by atoms with Gasteiger partial charge < -0.3 is 0 Å². The van der Waals surface area contributed by atoms with Crippen molar-refractivity contribution in [2.45, 2.75) is 0 Å². The molecule has 0 atom stereocenters. The largest absolute Gasteiger partial charge is 0.316 e. The molecule has 0 aliphatic rings. The summed E-state index contributed by atoms with van der Waals surface area (Å²) < 4.78 is 1.20. The maximum absolute atomic E-state index is 3.30. The SMILES string of the molecule is Brc1cccs1.[MgH2]. The summed E-state index contributed by atoms with van der Waals surface area (Å²) in [6, 6.07) is 4.03. The summed E-state index contributed by atoms with van der Waals surface area (Å²) in [7, 11) is 0. The van der Waals surface area contributed by atoms with Crippen LogP contribution in [0.25, 0.3) is 0 Å².